The Morgan fingerprint density at radius 3 is 2.54 bits per heavy atom. The number of hydrogen-bond donors (Lipinski definition) is 1. The molecule has 1 saturated heterocycles. The first kappa shape index (κ1) is 18.3. The third-order valence-electron chi connectivity index (χ3n) is 4.76. The number of nitrogens with one attached hydrogen (secondary N) is 1. The highest BCUT2D eigenvalue weighted by Crippen LogP contribution is 2.12. The van der Waals surface area contributed by atoms with Crippen LogP contribution in [0, 0.1) is 0 Å². The van der Waals surface area contributed by atoms with Crippen LogP contribution in [0.15, 0.2) is 42.7 Å². The number of piperazine rings is 1. The highest BCUT2D eigenvalue weighted by atomic mass is 16.2. The largest absolute Gasteiger partial charge is 0.370 e. The van der Waals surface area contributed by atoms with E-state index in [9.17, 15) is 4.79 Å². The number of aromatic nitrogens is 2. The zero-order valence-corrected chi connectivity index (χ0v) is 15.6. The summed E-state index contributed by atoms with van der Waals surface area (Å²) < 4.78 is 0. The smallest absolute Gasteiger partial charge is 0.255 e. The van der Waals surface area contributed by atoms with Crippen LogP contribution in [-0.4, -0.2) is 64.4 Å². The van der Waals surface area contributed by atoms with Crippen LogP contribution in [0.4, 0.5) is 5.82 Å². The Balaban J connectivity index is 1.48. The van der Waals surface area contributed by atoms with Crippen LogP contribution in [-0.2, 0) is 6.42 Å². The van der Waals surface area contributed by atoms with Gasteiger partial charge in [0.2, 0.25) is 0 Å². The van der Waals surface area contributed by atoms with E-state index in [1.54, 1.807) is 12.4 Å². The molecule has 6 heteroatoms. The van der Waals surface area contributed by atoms with Crippen molar-refractivity contribution in [3.8, 4) is 0 Å². The number of rotatable bonds is 6. The van der Waals surface area contributed by atoms with Crippen molar-refractivity contribution >= 4 is 11.7 Å². The molecule has 0 radical (unpaired) electrons. The van der Waals surface area contributed by atoms with Gasteiger partial charge in [-0.3, -0.25) is 14.7 Å². The molecule has 1 fully saturated rings. The van der Waals surface area contributed by atoms with E-state index in [1.807, 2.05) is 35.2 Å². The van der Waals surface area contributed by atoms with E-state index in [4.69, 9.17) is 0 Å². The fraction of sp³-hybridized carbons (Fsp3) is 0.450. The summed E-state index contributed by atoms with van der Waals surface area (Å²) in [6.45, 7) is 8.58. The minimum absolute atomic E-state index is 0.0703. The lowest BCUT2D eigenvalue weighted by Gasteiger charge is -2.36. The number of nitrogens with zero attached hydrogens (tertiary/aromatic N) is 4. The molecule has 3 rings (SSSR count). The Kier molecular flexibility index (Phi) is 6.17. The lowest BCUT2D eigenvalue weighted by atomic mass is 10.2. The zero-order valence-electron chi connectivity index (χ0n) is 15.6. The van der Waals surface area contributed by atoms with Crippen molar-refractivity contribution in [3.63, 3.8) is 0 Å². The average Bonchev–Trinajstić information content (AvgIpc) is 2.69. The van der Waals surface area contributed by atoms with Gasteiger partial charge in [-0.1, -0.05) is 6.07 Å². The van der Waals surface area contributed by atoms with Crippen molar-refractivity contribution < 1.29 is 4.79 Å². The molecule has 6 nitrogen and oxygen atoms in total. The molecule has 2 aromatic rings. The van der Waals surface area contributed by atoms with Crippen molar-refractivity contribution in [2.75, 3.05) is 38.0 Å². The SMILES string of the molecule is CC(C)N1CCN(C(=O)c2ccc(NCCc3ccccn3)nc2)CC1. The molecular formula is C20H27N5O. The summed E-state index contributed by atoms with van der Waals surface area (Å²) in [6.07, 6.45) is 4.30. The second kappa shape index (κ2) is 8.76. The maximum Gasteiger partial charge on any atom is 0.255 e. The molecule has 0 saturated carbocycles. The number of amides is 1. The quantitative estimate of drug-likeness (QED) is 0.863. The number of pyridine rings is 2. The van der Waals surface area contributed by atoms with E-state index < -0.39 is 0 Å². The van der Waals surface area contributed by atoms with Crippen molar-refractivity contribution in [1.82, 2.24) is 19.8 Å². The standard InChI is InChI=1S/C20H27N5O/c1-16(2)24-11-13-25(14-12-24)20(26)17-6-7-19(23-15-17)22-10-8-18-5-3-4-9-21-18/h3-7,9,15-16H,8,10-14H2,1-2H3,(H,22,23). The van der Waals surface area contributed by atoms with Gasteiger partial charge in [0.1, 0.15) is 5.82 Å². The summed E-state index contributed by atoms with van der Waals surface area (Å²) >= 11 is 0. The summed E-state index contributed by atoms with van der Waals surface area (Å²) in [6, 6.07) is 10.2. The van der Waals surface area contributed by atoms with E-state index in [-0.39, 0.29) is 5.91 Å². The Morgan fingerprint density at radius 2 is 1.92 bits per heavy atom. The van der Waals surface area contributed by atoms with Gasteiger partial charge in [0.25, 0.3) is 5.91 Å². The highest BCUT2D eigenvalue weighted by Gasteiger charge is 2.23. The summed E-state index contributed by atoms with van der Waals surface area (Å²) in [7, 11) is 0. The Bertz CT molecular complexity index is 694. The lowest BCUT2D eigenvalue weighted by molar-refractivity contribution is 0.0595. The van der Waals surface area contributed by atoms with Gasteiger partial charge in [-0.05, 0) is 38.1 Å². The van der Waals surface area contributed by atoms with Gasteiger partial charge >= 0.3 is 0 Å². The van der Waals surface area contributed by atoms with E-state index in [2.05, 4.69) is 34.0 Å². The van der Waals surface area contributed by atoms with Gasteiger partial charge in [0, 0.05) is 63.3 Å². The molecule has 0 atom stereocenters. The second-order valence-electron chi connectivity index (χ2n) is 6.85. The van der Waals surface area contributed by atoms with Gasteiger partial charge in [0.15, 0.2) is 0 Å². The molecule has 1 aliphatic rings. The van der Waals surface area contributed by atoms with Crippen molar-refractivity contribution in [2.45, 2.75) is 26.3 Å². The Morgan fingerprint density at radius 1 is 1.12 bits per heavy atom. The summed E-state index contributed by atoms with van der Waals surface area (Å²) in [5.41, 5.74) is 1.70. The van der Waals surface area contributed by atoms with Crippen LogP contribution in [0.2, 0.25) is 0 Å². The van der Waals surface area contributed by atoms with Crippen LogP contribution in [0.25, 0.3) is 0 Å². The maximum absolute atomic E-state index is 12.6. The fourth-order valence-electron chi connectivity index (χ4n) is 3.11. The van der Waals surface area contributed by atoms with Crippen molar-refractivity contribution in [3.05, 3.63) is 54.0 Å². The van der Waals surface area contributed by atoms with E-state index in [0.717, 1.165) is 50.7 Å². The first-order valence-corrected chi connectivity index (χ1v) is 9.26. The van der Waals surface area contributed by atoms with Crippen LogP contribution in [0.1, 0.15) is 29.9 Å². The molecule has 0 aromatic carbocycles. The molecule has 1 amide bonds. The highest BCUT2D eigenvalue weighted by molar-refractivity contribution is 5.94. The molecule has 0 spiro atoms. The van der Waals surface area contributed by atoms with Crippen LogP contribution >= 0.6 is 0 Å². The molecule has 0 unspecified atom stereocenters. The van der Waals surface area contributed by atoms with Crippen molar-refractivity contribution in [1.29, 1.82) is 0 Å². The molecular weight excluding hydrogens is 326 g/mol. The molecule has 2 aromatic heterocycles. The van der Waals surface area contributed by atoms with Gasteiger partial charge in [-0.15, -0.1) is 0 Å². The van der Waals surface area contributed by atoms with Crippen LogP contribution in [0.3, 0.4) is 0 Å². The number of carbonyl (C=O) groups is 1. The number of carbonyl (C=O) groups excluding carboxylic acids is 1. The maximum atomic E-state index is 12.6. The van der Waals surface area contributed by atoms with Gasteiger partial charge < -0.3 is 10.2 Å². The molecule has 138 valence electrons. The summed E-state index contributed by atoms with van der Waals surface area (Å²) in [4.78, 5) is 25.6. The summed E-state index contributed by atoms with van der Waals surface area (Å²) in [5.74, 6) is 0.850. The molecule has 3 heterocycles. The monoisotopic (exact) mass is 353 g/mol. The topological polar surface area (TPSA) is 61.4 Å². The van der Waals surface area contributed by atoms with Gasteiger partial charge in [-0.2, -0.15) is 0 Å². The minimum Gasteiger partial charge on any atom is -0.370 e. The Labute approximate surface area is 155 Å². The summed E-state index contributed by atoms with van der Waals surface area (Å²) in [5, 5.41) is 3.27. The van der Waals surface area contributed by atoms with E-state index >= 15 is 0 Å². The molecule has 0 bridgehead atoms. The average molecular weight is 353 g/mol. The molecule has 1 N–H and O–H groups in total. The third-order valence-corrected chi connectivity index (χ3v) is 4.76. The molecule has 0 aliphatic carbocycles. The fourth-order valence-corrected chi connectivity index (χ4v) is 3.11. The number of anilines is 1. The first-order chi connectivity index (χ1) is 12.6. The molecule has 26 heavy (non-hydrogen) atoms. The van der Waals surface area contributed by atoms with Gasteiger partial charge in [-0.25, -0.2) is 4.98 Å². The van der Waals surface area contributed by atoms with Crippen molar-refractivity contribution in [2.24, 2.45) is 0 Å². The predicted molar refractivity (Wildman–Crippen MR) is 103 cm³/mol. The minimum atomic E-state index is 0.0703. The number of hydrogen-bond acceptors (Lipinski definition) is 5. The Hall–Kier alpha value is -2.47. The third kappa shape index (κ3) is 4.79. The van der Waals surface area contributed by atoms with Gasteiger partial charge in [0.05, 0.1) is 5.56 Å². The second-order valence-corrected chi connectivity index (χ2v) is 6.85. The van der Waals surface area contributed by atoms with Crippen LogP contribution < -0.4 is 5.32 Å². The predicted octanol–water partition coefficient (Wildman–Crippen LogP) is 2.30. The van der Waals surface area contributed by atoms with Crippen LogP contribution in [0.5, 0.6) is 0 Å². The normalized spacial score (nSPS) is 15.3. The lowest BCUT2D eigenvalue weighted by Crippen LogP contribution is -2.50. The molecule has 1 aliphatic heterocycles. The van der Waals surface area contributed by atoms with E-state index in [1.165, 1.54) is 0 Å². The van der Waals surface area contributed by atoms with E-state index in [0.29, 0.717) is 11.6 Å². The zero-order chi connectivity index (χ0) is 18.4. The first-order valence-electron chi connectivity index (χ1n) is 9.26.